The minimum absolute atomic E-state index is 0.153. The molecule has 2 N–H and O–H groups in total. The third kappa shape index (κ3) is 2.79. The molecule has 0 aromatic heterocycles. The third-order valence-electron chi connectivity index (χ3n) is 2.17. The van der Waals surface area contributed by atoms with Crippen LogP contribution in [0.2, 0.25) is 0 Å². The highest BCUT2D eigenvalue weighted by Crippen LogP contribution is 2.22. The Morgan fingerprint density at radius 2 is 2.06 bits per heavy atom. The number of hydrogen-bond acceptors (Lipinski definition) is 3. The van der Waals surface area contributed by atoms with Crippen LogP contribution in [0, 0.1) is 3.57 Å². The first kappa shape index (κ1) is 13.1. The summed E-state index contributed by atoms with van der Waals surface area (Å²) in [7, 11) is 0. The molecule has 5 heteroatoms. The number of halogens is 1. The minimum atomic E-state index is -1.65. The molecule has 16 heavy (non-hydrogen) atoms. The molecule has 0 heterocycles. The molecule has 1 rings (SSSR count). The molecule has 0 fully saturated rings. The maximum atomic E-state index is 11.6. The van der Waals surface area contributed by atoms with Crippen molar-refractivity contribution < 1.29 is 19.8 Å². The first-order chi connectivity index (χ1) is 7.47. The van der Waals surface area contributed by atoms with Crippen molar-refractivity contribution in [3.8, 4) is 0 Å². The zero-order chi connectivity index (χ0) is 12.3. The van der Waals surface area contributed by atoms with E-state index in [1.807, 2.05) is 22.6 Å². The monoisotopic (exact) mass is 334 g/mol. The molecule has 1 unspecified atom stereocenters. The van der Waals surface area contributed by atoms with Gasteiger partial charge in [0, 0.05) is 21.1 Å². The number of Topliss-reactive ketones (excluding diaryl/α,β-unsaturated/α-hetero) is 1. The summed E-state index contributed by atoms with van der Waals surface area (Å²) in [6.07, 6.45) is -1.37. The zero-order valence-corrected chi connectivity index (χ0v) is 10.8. The highest BCUT2D eigenvalue weighted by Gasteiger charge is 2.22. The van der Waals surface area contributed by atoms with Gasteiger partial charge in [-0.25, -0.2) is 4.79 Å². The lowest BCUT2D eigenvalue weighted by Gasteiger charge is -2.11. The molecule has 1 atom stereocenters. The number of carbonyl (C=O) groups excluding carboxylic acids is 1. The molecule has 0 radical (unpaired) electrons. The molecular formula is C11H11IO4. The Bertz CT molecular complexity index is 428. The summed E-state index contributed by atoms with van der Waals surface area (Å²) in [5.41, 5.74) is 0.434. The van der Waals surface area contributed by atoms with Crippen LogP contribution < -0.4 is 0 Å². The maximum absolute atomic E-state index is 11.6. The van der Waals surface area contributed by atoms with E-state index in [0.29, 0.717) is 0 Å². The van der Waals surface area contributed by atoms with Crippen LogP contribution in [-0.2, 0) is 4.79 Å². The summed E-state index contributed by atoms with van der Waals surface area (Å²) in [5.74, 6) is -1.53. The molecule has 0 saturated heterocycles. The Morgan fingerprint density at radius 3 is 2.56 bits per heavy atom. The first-order valence-electron chi connectivity index (χ1n) is 4.71. The highest BCUT2D eigenvalue weighted by atomic mass is 127. The van der Waals surface area contributed by atoms with Crippen LogP contribution in [0.25, 0.3) is 0 Å². The number of hydrogen-bond donors (Lipinski definition) is 2. The molecule has 0 spiro atoms. The Morgan fingerprint density at radius 1 is 1.44 bits per heavy atom. The summed E-state index contributed by atoms with van der Waals surface area (Å²) in [4.78, 5) is 22.3. The zero-order valence-electron chi connectivity index (χ0n) is 8.61. The Labute approximate surface area is 106 Å². The summed E-state index contributed by atoms with van der Waals surface area (Å²) in [6.45, 7) is 1.69. The second kappa shape index (κ2) is 5.40. The van der Waals surface area contributed by atoms with Crippen LogP contribution in [0.3, 0.4) is 0 Å². The average molecular weight is 334 g/mol. The van der Waals surface area contributed by atoms with E-state index in [1.165, 1.54) is 6.07 Å². The molecule has 1 aromatic carbocycles. The van der Waals surface area contributed by atoms with E-state index in [1.54, 1.807) is 19.1 Å². The number of aliphatic carboxylic acids is 1. The molecule has 0 bridgehead atoms. The van der Waals surface area contributed by atoms with E-state index < -0.39 is 12.1 Å². The van der Waals surface area contributed by atoms with Crippen LogP contribution in [0.5, 0.6) is 0 Å². The number of aliphatic hydroxyl groups excluding tert-OH is 1. The normalized spacial score (nSPS) is 12.2. The van der Waals surface area contributed by atoms with E-state index in [2.05, 4.69) is 0 Å². The third-order valence-corrected chi connectivity index (χ3v) is 2.84. The summed E-state index contributed by atoms with van der Waals surface area (Å²) in [5, 5.41) is 18.2. The van der Waals surface area contributed by atoms with E-state index in [0.717, 1.165) is 3.57 Å². The Hall–Kier alpha value is -0.950. The molecule has 4 nitrogen and oxygen atoms in total. The lowest BCUT2D eigenvalue weighted by Crippen LogP contribution is -2.15. The van der Waals surface area contributed by atoms with Gasteiger partial charge in [0.05, 0.1) is 0 Å². The van der Waals surface area contributed by atoms with Crippen molar-refractivity contribution >= 4 is 34.3 Å². The predicted molar refractivity (Wildman–Crippen MR) is 66.4 cm³/mol. The quantitative estimate of drug-likeness (QED) is 0.652. The molecule has 0 amide bonds. The largest absolute Gasteiger partial charge is 0.479 e. The molecule has 1 aromatic rings. The van der Waals surface area contributed by atoms with Gasteiger partial charge in [0.1, 0.15) is 0 Å². The van der Waals surface area contributed by atoms with Gasteiger partial charge in [-0.05, 0) is 34.7 Å². The minimum Gasteiger partial charge on any atom is -0.479 e. The predicted octanol–water partition coefficient (Wildman–Crippen LogP) is 2.00. The Balaban J connectivity index is 3.27. The van der Waals surface area contributed by atoms with Gasteiger partial charge in [-0.3, -0.25) is 4.79 Å². The van der Waals surface area contributed by atoms with Gasteiger partial charge in [0.15, 0.2) is 11.9 Å². The average Bonchev–Trinajstić information content (AvgIpc) is 2.26. The van der Waals surface area contributed by atoms with E-state index in [9.17, 15) is 14.7 Å². The SMILES string of the molecule is CCC(=O)c1cc(I)ccc1C(O)C(=O)O. The fraction of sp³-hybridized carbons (Fsp3) is 0.273. The molecular weight excluding hydrogens is 323 g/mol. The van der Waals surface area contributed by atoms with Crippen molar-refractivity contribution in [2.24, 2.45) is 0 Å². The lowest BCUT2D eigenvalue weighted by atomic mass is 9.98. The van der Waals surface area contributed by atoms with E-state index in [4.69, 9.17) is 5.11 Å². The molecule has 0 aliphatic carbocycles. The number of benzene rings is 1. The van der Waals surface area contributed by atoms with Crippen LogP contribution in [0.15, 0.2) is 18.2 Å². The van der Waals surface area contributed by atoms with Gasteiger partial charge in [-0.1, -0.05) is 13.0 Å². The van der Waals surface area contributed by atoms with Crippen LogP contribution in [-0.4, -0.2) is 22.0 Å². The smallest absolute Gasteiger partial charge is 0.337 e. The molecule has 0 aliphatic heterocycles. The second-order valence-corrected chi connectivity index (χ2v) is 4.49. The molecule has 0 saturated carbocycles. The van der Waals surface area contributed by atoms with Gasteiger partial charge in [0.2, 0.25) is 0 Å². The number of carboxylic acid groups (broad SMARTS) is 1. The van der Waals surface area contributed by atoms with Gasteiger partial charge in [-0.15, -0.1) is 0 Å². The number of ketones is 1. The van der Waals surface area contributed by atoms with Crippen molar-refractivity contribution in [2.45, 2.75) is 19.4 Å². The standard InChI is InChI=1S/C11H11IO4/c1-2-9(13)8-5-6(12)3-4-7(8)10(14)11(15)16/h3-5,10,14H,2H2,1H3,(H,15,16). The topological polar surface area (TPSA) is 74.6 Å². The van der Waals surface area contributed by atoms with Crippen LogP contribution >= 0.6 is 22.6 Å². The van der Waals surface area contributed by atoms with Crippen LogP contribution in [0.1, 0.15) is 35.4 Å². The molecule has 86 valence electrons. The van der Waals surface area contributed by atoms with Crippen molar-refractivity contribution in [1.29, 1.82) is 0 Å². The number of rotatable bonds is 4. The van der Waals surface area contributed by atoms with Crippen molar-refractivity contribution in [3.63, 3.8) is 0 Å². The number of carboxylic acids is 1. The van der Waals surface area contributed by atoms with E-state index in [-0.39, 0.29) is 23.3 Å². The van der Waals surface area contributed by atoms with Crippen molar-refractivity contribution in [1.82, 2.24) is 0 Å². The van der Waals surface area contributed by atoms with Gasteiger partial charge < -0.3 is 10.2 Å². The second-order valence-electron chi connectivity index (χ2n) is 3.25. The summed E-state index contributed by atoms with van der Waals surface area (Å²) in [6, 6.07) is 4.73. The van der Waals surface area contributed by atoms with Crippen LogP contribution in [0.4, 0.5) is 0 Å². The number of carbonyl (C=O) groups is 2. The lowest BCUT2D eigenvalue weighted by molar-refractivity contribution is -0.146. The van der Waals surface area contributed by atoms with Gasteiger partial charge >= 0.3 is 5.97 Å². The summed E-state index contributed by atoms with van der Waals surface area (Å²) >= 11 is 2.03. The highest BCUT2D eigenvalue weighted by molar-refractivity contribution is 14.1. The van der Waals surface area contributed by atoms with Crippen molar-refractivity contribution in [2.75, 3.05) is 0 Å². The van der Waals surface area contributed by atoms with Gasteiger partial charge in [0.25, 0.3) is 0 Å². The summed E-state index contributed by atoms with van der Waals surface area (Å²) < 4.78 is 0.829. The number of aliphatic hydroxyl groups is 1. The maximum Gasteiger partial charge on any atom is 0.337 e. The fourth-order valence-electron chi connectivity index (χ4n) is 1.33. The first-order valence-corrected chi connectivity index (χ1v) is 5.78. The van der Waals surface area contributed by atoms with E-state index >= 15 is 0 Å². The van der Waals surface area contributed by atoms with Gasteiger partial charge in [-0.2, -0.15) is 0 Å². The molecule has 0 aliphatic rings. The van der Waals surface area contributed by atoms with Crippen molar-refractivity contribution in [3.05, 3.63) is 32.9 Å². The Kier molecular flexibility index (Phi) is 4.43. The fourth-order valence-corrected chi connectivity index (χ4v) is 1.82.